The van der Waals surface area contributed by atoms with Crippen LogP contribution in [0.4, 0.5) is 11.4 Å². The molecule has 0 amide bonds. The molecule has 17 heavy (non-hydrogen) atoms. The van der Waals surface area contributed by atoms with E-state index in [1.165, 1.54) is 6.07 Å². The molecule has 0 radical (unpaired) electrons. The number of nitrogens with one attached hydrogen (secondary N) is 1. The molecule has 94 valence electrons. The van der Waals surface area contributed by atoms with Crippen LogP contribution in [0, 0.1) is 17.0 Å². The van der Waals surface area contributed by atoms with Gasteiger partial charge in [0.05, 0.1) is 24.7 Å². The molecule has 0 aliphatic carbocycles. The maximum atomic E-state index is 10.7. The fourth-order valence-electron chi connectivity index (χ4n) is 1.35. The zero-order valence-corrected chi connectivity index (χ0v) is 9.68. The molecular formula is C11H16N2O4. The van der Waals surface area contributed by atoms with Gasteiger partial charge in [-0.3, -0.25) is 10.1 Å². The van der Waals surface area contributed by atoms with Crippen molar-refractivity contribution < 1.29 is 14.8 Å². The lowest BCUT2D eigenvalue weighted by molar-refractivity contribution is -0.385. The smallest absolute Gasteiger partial charge is 0.274 e. The summed E-state index contributed by atoms with van der Waals surface area (Å²) >= 11 is 0. The zero-order valence-electron chi connectivity index (χ0n) is 9.68. The standard InChI is InChI=1S/C11H16N2O4/c1-9-2-3-10(8-11(9)13(15)16)12-4-6-17-7-5-14/h2-3,8,12,14H,4-7H2,1H3. The summed E-state index contributed by atoms with van der Waals surface area (Å²) in [4.78, 5) is 10.3. The van der Waals surface area contributed by atoms with Crippen molar-refractivity contribution in [3.63, 3.8) is 0 Å². The Morgan fingerprint density at radius 3 is 2.88 bits per heavy atom. The Kier molecular flexibility index (Phi) is 5.38. The molecule has 0 saturated carbocycles. The van der Waals surface area contributed by atoms with Crippen LogP contribution in [-0.4, -0.2) is 36.4 Å². The van der Waals surface area contributed by atoms with Crippen LogP contribution in [0.5, 0.6) is 0 Å². The summed E-state index contributed by atoms with van der Waals surface area (Å²) in [6, 6.07) is 4.99. The third-order valence-corrected chi connectivity index (χ3v) is 2.22. The number of ether oxygens (including phenoxy) is 1. The van der Waals surface area contributed by atoms with Gasteiger partial charge < -0.3 is 15.2 Å². The predicted molar refractivity (Wildman–Crippen MR) is 64.2 cm³/mol. The van der Waals surface area contributed by atoms with Crippen molar-refractivity contribution in [2.24, 2.45) is 0 Å². The molecule has 0 saturated heterocycles. The molecule has 0 spiro atoms. The Labute approximate surface area is 99.4 Å². The second-order valence-electron chi connectivity index (χ2n) is 3.52. The Balaban J connectivity index is 2.49. The van der Waals surface area contributed by atoms with Gasteiger partial charge in [0.1, 0.15) is 0 Å². The van der Waals surface area contributed by atoms with E-state index < -0.39 is 4.92 Å². The number of aliphatic hydroxyl groups is 1. The molecule has 0 aliphatic rings. The maximum absolute atomic E-state index is 10.7. The highest BCUT2D eigenvalue weighted by atomic mass is 16.6. The van der Waals surface area contributed by atoms with E-state index in [4.69, 9.17) is 9.84 Å². The van der Waals surface area contributed by atoms with E-state index in [0.717, 1.165) is 0 Å². The minimum Gasteiger partial charge on any atom is -0.394 e. The highest BCUT2D eigenvalue weighted by Crippen LogP contribution is 2.21. The number of hydrogen-bond donors (Lipinski definition) is 2. The molecule has 0 bridgehead atoms. The van der Waals surface area contributed by atoms with Crippen LogP contribution in [-0.2, 0) is 4.74 Å². The normalized spacial score (nSPS) is 10.2. The van der Waals surface area contributed by atoms with E-state index in [-0.39, 0.29) is 12.3 Å². The lowest BCUT2D eigenvalue weighted by atomic mass is 10.2. The van der Waals surface area contributed by atoms with E-state index in [2.05, 4.69) is 5.32 Å². The van der Waals surface area contributed by atoms with Crippen molar-refractivity contribution in [1.29, 1.82) is 0 Å². The van der Waals surface area contributed by atoms with Gasteiger partial charge in [0.2, 0.25) is 0 Å². The van der Waals surface area contributed by atoms with Crippen molar-refractivity contribution >= 4 is 11.4 Å². The quantitative estimate of drug-likeness (QED) is 0.426. The van der Waals surface area contributed by atoms with Crippen molar-refractivity contribution in [3.8, 4) is 0 Å². The van der Waals surface area contributed by atoms with Crippen LogP contribution >= 0.6 is 0 Å². The van der Waals surface area contributed by atoms with Crippen molar-refractivity contribution in [3.05, 3.63) is 33.9 Å². The first-order chi connectivity index (χ1) is 8.15. The second kappa shape index (κ2) is 6.82. The number of nitro benzene ring substituents is 1. The van der Waals surface area contributed by atoms with Gasteiger partial charge in [0.15, 0.2) is 0 Å². The van der Waals surface area contributed by atoms with Crippen LogP contribution in [0.3, 0.4) is 0 Å². The van der Waals surface area contributed by atoms with Gasteiger partial charge in [-0.05, 0) is 13.0 Å². The first-order valence-electron chi connectivity index (χ1n) is 5.32. The summed E-state index contributed by atoms with van der Waals surface area (Å²) in [6.45, 7) is 2.99. The number of nitrogens with zero attached hydrogens (tertiary/aromatic N) is 1. The number of anilines is 1. The lowest BCUT2D eigenvalue weighted by Gasteiger charge is -2.07. The first-order valence-corrected chi connectivity index (χ1v) is 5.32. The van der Waals surface area contributed by atoms with Crippen molar-refractivity contribution in [1.82, 2.24) is 0 Å². The fourth-order valence-corrected chi connectivity index (χ4v) is 1.35. The number of hydrogen-bond acceptors (Lipinski definition) is 5. The Bertz CT molecular complexity index is 382. The van der Waals surface area contributed by atoms with Gasteiger partial charge in [0, 0.05) is 23.9 Å². The summed E-state index contributed by atoms with van der Waals surface area (Å²) in [5.41, 5.74) is 1.43. The number of rotatable bonds is 7. The monoisotopic (exact) mass is 240 g/mol. The lowest BCUT2D eigenvalue weighted by Crippen LogP contribution is -2.11. The highest BCUT2D eigenvalue weighted by molar-refractivity contribution is 5.54. The second-order valence-corrected chi connectivity index (χ2v) is 3.52. The molecule has 2 N–H and O–H groups in total. The van der Waals surface area contributed by atoms with E-state index in [1.54, 1.807) is 19.1 Å². The molecule has 0 fully saturated rings. The van der Waals surface area contributed by atoms with Crippen LogP contribution in [0.15, 0.2) is 18.2 Å². The Morgan fingerprint density at radius 2 is 2.24 bits per heavy atom. The Hall–Kier alpha value is -1.66. The number of nitro groups is 1. The highest BCUT2D eigenvalue weighted by Gasteiger charge is 2.10. The Morgan fingerprint density at radius 1 is 1.47 bits per heavy atom. The van der Waals surface area contributed by atoms with Crippen LogP contribution in [0.25, 0.3) is 0 Å². The largest absolute Gasteiger partial charge is 0.394 e. The summed E-state index contributed by atoms with van der Waals surface area (Å²) < 4.78 is 5.06. The molecule has 6 nitrogen and oxygen atoms in total. The molecule has 0 unspecified atom stereocenters. The van der Waals surface area contributed by atoms with Gasteiger partial charge >= 0.3 is 0 Å². The van der Waals surface area contributed by atoms with Crippen LogP contribution in [0.1, 0.15) is 5.56 Å². The van der Waals surface area contributed by atoms with Crippen molar-refractivity contribution in [2.75, 3.05) is 31.7 Å². The van der Waals surface area contributed by atoms with Crippen LogP contribution < -0.4 is 5.32 Å². The van der Waals surface area contributed by atoms with E-state index >= 15 is 0 Å². The fraction of sp³-hybridized carbons (Fsp3) is 0.455. The van der Waals surface area contributed by atoms with E-state index in [0.29, 0.717) is 31.0 Å². The molecule has 1 aromatic carbocycles. The molecule has 1 rings (SSSR count). The topological polar surface area (TPSA) is 84.6 Å². The third-order valence-electron chi connectivity index (χ3n) is 2.22. The van der Waals surface area contributed by atoms with Gasteiger partial charge in [-0.1, -0.05) is 6.07 Å². The number of aryl methyl sites for hydroxylation is 1. The first kappa shape index (κ1) is 13.4. The predicted octanol–water partition coefficient (Wildman–Crippen LogP) is 1.32. The average molecular weight is 240 g/mol. The van der Waals surface area contributed by atoms with Gasteiger partial charge in [0.25, 0.3) is 5.69 Å². The molecule has 1 aromatic rings. The van der Waals surface area contributed by atoms with Gasteiger partial charge in [-0.15, -0.1) is 0 Å². The maximum Gasteiger partial charge on any atom is 0.274 e. The minimum atomic E-state index is -0.400. The summed E-state index contributed by atoms with van der Waals surface area (Å²) in [6.07, 6.45) is 0. The summed E-state index contributed by atoms with van der Waals surface area (Å²) in [7, 11) is 0. The SMILES string of the molecule is Cc1ccc(NCCOCCO)cc1[N+](=O)[O-]. The molecule has 0 aromatic heterocycles. The van der Waals surface area contributed by atoms with E-state index in [1.807, 2.05) is 0 Å². The molecule has 6 heteroatoms. The van der Waals surface area contributed by atoms with Crippen molar-refractivity contribution in [2.45, 2.75) is 6.92 Å². The van der Waals surface area contributed by atoms with E-state index in [9.17, 15) is 10.1 Å². The van der Waals surface area contributed by atoms with Gasteiger partial charge in [-0.25, -0.2) is 0 Å². The summed E-state index contributed by atoms with van der Waals surface area (Å²) in [5.74, 6) is 0. The number of benzene rings is 1. The summed E-state index contributed by atoms with van der Waals surface area (Å²) in [5, 5.41) is 22.2. The van der Waals surface area contributed by atoms with Crippen LogP contribution in [0.2, 0.25) is 0 Å². The third kappa shape index (κ3) is 4.38. The minimum absolute atomic E-state index is 0.00396. The molecule has 0 atom stereocenters. The number of aliphatic hydroxyl groups excluding tert-OH is 1. The van der Waals surface area contributed by atoms with Gasteiger partial charge in [-0.2, -0.15) is 0 Å². The molecule has 0 aliphatic heterocycles. The molecular weight excluding hydrogens is 224 g/mol. The zero-order chi connectivity index (χ0) is 12.7. The molecule has 0 heterocycles. The average Bonchev–Trinajstić information content (AvgIpc) is 2.30.